The second-order valence-electron chi connectivity index (χ2n) is 4.54. The number of aliphatic hydroxyl groups is 1. The fraction of sp³-hybridized carbons (Fsp3) is 0.467. The summed E-state index contributed by atoms with van der Waals surface area (Å²) in [5.41, 5.74) is 1.39. The van der Waals surface area contributed by atoms with E-state index in [1.165, 1.54) is 5.56 Å². The summed E-state index contributed by atoms with van der Waals surface area (Å²) in [4.78, 5) is 0. The Morgan fingerprint density at radius 2 is 1.88 bits per heavy atom. The van der Waals surface area contributed by atoms with Crippen LogP contribution in [0.2, 0.25) is 0 Å². The summed E-state index contributed by atoms with van der Waals surface area (Å²) >= 11 is 0. The zero-order valence-corrected chi connectivity index (χ0v) is 10.3. The lowest BCUT2D eigenvalue weighted by Crippen LogP contribution is -2.10. The highest BCUT2D eigenvalue weighted by Gasteiger charge is 2.02. The molecule has 1 aromatic rings. The van der Waals surface area contributed by atoms with Crippen LogP contribution in [0.5, 0.6) is 0 Å². The van der Waals surface area contributed by atoms with E-state index in [-0.39, 0.29) is 6.10 Å². The maximum atomic E-state index is 9.56. The Kier molecular flexibility index (Phi) is 5.87. The SMILES string of the molecule is CC(C)[C@H](O)/C=C\CCCc1ccccc1. The summed E-state index contributed by atoms with van der Waals surface area (Å²) in [6, 6.07) is 10.5. The average Bonchev–Trinajstić information content (AvgIpc) is 2.29. The lowest BCUT2D eigenvalue weighted by Gasteiger charge is -2.08. The van der Waals surface area contributed by atoms with E-state index in [0.717, 1.165) is 19.3 Å². The Hall–Kier alpha value is -1.08. The van der Waals surface area contributed by atoms with Gasteiger partial charge in [0.2, 0.25) is 0 Å². The van der Waals surface area contributed by atoms with Gasteiger partial charge in [-0.05, 0) is 30.7 Å². The lowest BCUT2D eigenvalue weighted by molar-refractivity contribution is 0.172. The zero-order valence-electron chi connectivity index (χ0n) is 10.3. The van der Waals surface area contributed by atoms with Crippen LogP contribution in [0.15, 0.2) is 42.5 Å². The third-order valence-corrected chi connectivity index (χ3v) is 2.70. The van der Waals surface area contributed by atoms with Crippen molar-refractivity contribution in [2.75, 3.05) is 0 Å². The standard InChI is InChI=1S/C15H22O/c1-13(2)15(16)12-8-4-7-11-14-9-5-3-6-10-14/h3,5-6,8-10,12-13,15-16H,4,7,11H2,1-2H3/b12-8-/t15-/m1/s1. The second-order valence-corrected chi connectivity index (χ2v) is 4.54. The third-order valence-electron chi connectivity index (χ3n) is 2.70. The Labute approximate surface area is 98.8 Å². The van der Waals surface area contributed by atoms with E-state index >= 15 is 0 Å². The zero-order chi connectivity index (χ0) is 11.8. The van der Waals surface area contributed by atoms with Gasteiger partial charge in [0.1, 0.15) is 0 Å². The molecule has 1 aromatic carbocycles. The molecule has 0 saturated carbocycles. The molecule has 0 aliphatic rings. The van der Waals surface area contributed by atoms with Gasteiger partial charge in [-0.2, -0.15) is 0 Å². The van der Waals surface area contributed by atoms with E-state index in [9.17, 15) is 5.11 Å². The van der Waals surface area contributed by atoms with E-state index in [0.29, 0.717) is 5.92 Å². The Morgan fingerprint density at radius 3 is 2.50 bits per heavy atom. The summed E-state index contributed by atoms with van der Waals surface area (Å²) in [6.07, 6.45) is 7.01. The topological polar surface area (TPSA) is 20.2 Å². The van der Waals surface area contributed by atoms with Crippen LogP contribution in [-0.4, -0.2) is 11.2 Å². The van der Waals surface area contributed by atoms with E-state index in [4.69, 9.17) is 0 Å². The van der Waals surface area contributed by atoms with Gasteiger partial charge in [-0.3, -0.25) is 0 Å². The summed E-state index contributed by atoms with van der Waals surface area (Å²) in [5.74, 6) is 0.311. The highest BCUT2D eigenvalue weighted by molar-refractivity contribution is 5.14. The first-order valence-corrected chi connectivity index (χ1v) is 6.09. The van der Waals surface area contributed by atoms with Crippen LogP contribution in [0.25, 0.3) is 0 Å². The quantitative estimate of drug-likeness (QED) is 0.571. The van der Waals surface area contributed by atoms with Crippen molar-refractivity contribution in [1.82, 2.24) is 0 Å². The molecule has 0 heterocycles. The summed E-state index contributed by atoms with van der Waals surface area (Å²) in [7, 11) is 0. The smallest absolute Gasteiger partial charge is 0.0743 e. The van der Waals surface area contributed by atoms with Gasteiger partial charge in [-0.15, -0.1) is 0 Å². The van der Waals surface area contributed by atoms with Gasteiger partial charge in [0.05, 0.1) is 6.10 Å². The van der Waals surface area contributed by atoms with E-state index in [1.807, 2.05) is 26.0 Å². The van der Waals surface area contributed by atoms with Crippen molar-refractivity contribution >= 4 is 0 Å². The Bertz CT molecular complexity index is 300. The largest absolute Gasteiger partial charge is 0.389 e. The van der Waals surface area contributed by atoms with Crippen LogP contribution in [-0.2, 0) is 6.42 Å². The molecule has 1 atom stereocenters. The van der Waals surface area contributed by atoms with Gasteiger partial charge in [-0.25, -0.2) is 0 Å². The first-order chi connectivity index (χ1) is 7.70. The molecule has 1 nitrogen and oxygen atoms in total. The van der Waals surface area contributed by atoms with Crippen LogP contribution in [0, 0.1) is 5.92 Å². The molecule has 1 rings (SSSR count). The molecular weight excluding hydrogens is 196 g/mol. The maximum Gasteiger partial charge on any atom is 0.0743 e. The molecule has 0 amide bonds. The normalized spacial score (nSPS) is 13.5. The summed E-state index contributed by atoms with van der Waals surface area (Å²) in [5, 5.41) is 9.56. The maximum absolute atomic E-state index is 9.56. The van der Waals surface area contributed by atoms with Crippen molar-refractivity contribution in [3.05, 3.63) is 48.0 Å². The fourth-order valence-electron chi connectivity index (χ4n) is 1.53. The number of benzene rings is 1. The van der Waals surface area contributed by atoms with Crippen molar-refractivity contribution in [2.24, 2.45) is 5.92 Å². The number of unbranched alkanes of at least 4 members (excludes halogenated alkanes) is 1. The molecule has 0 spiro atoms. The number of rotatable bonds is 6. The number of aliphatic hydroxyl groups excluding tert-OH is 1. The predicted molar refractivity (Wildman–Crippen MR) is 69.4 cm³/mol. The molecule has 1 heteroatoms. The highest BCUT2D eigenvalue weighted by atomic mass is 16.3. The number of hydrogen-bond donors (Lipinski definition) is 1. The molecule has 88 valence electrons. The molecule has 1 N–H and O–H groups in total. The molecule has 0 fully saturated rings. The molecular formula is C15H22O. The van der Waals surface area contributed by atoms with Gasteiger partial charge >= 0.3 is 0 Å². The molecule has 0 aromatic heterocycles. The monoisotopic (exact) mass is 218 g/mol. The fourth-order valence-corrected chi connectivity index (χ4v) is 1.53. The number of hydrogen-bond acceptors (Lipinski definition) is 1. The van der Waals surface area contributed by atoms with Gasteiger partial charge in [-0.1, -0.05) is 56.3 Å². The average molecular weight is 218 g/mol. The highest BCUT2D eigenvalue weighted by Crippen LogP contribution is 2.07. The van der Waals surface area contributed by atoms with E-state index < -0.39 is 0 Å². The van der Waals surface area contributed by atoms with Crippen LogP contribution in [0.1, 0.15) is 32.3 Å². The van der Waals surface area contributed by atoms with Crippen molar-refractivity contribution in [1.29, 1.82) is 0 Å². The molecule has 16 heavy (non-hydrogen) atoms. The Balaban J connectivity index is 2.17. The van der Waals surface area contributed by atoms with Crippen LogP contribution in [0.3, 0.4) is 0 Å². The Morgan fingerprint density at radius 1 is 1.19 bits per heavy atom. The molecule has 0 saturated heterocycles. The van der Waals surface area contributed by atoms with Crippen LogP contribution in [0.4, 0.5) is 0 Å². The predicted octanol–water partition coefficient (Wildman–Crippen LogP) is 3.58. The van der Waals surface area contributed by atoms with Gasteiger partial charge in [0.25, 0.3) is 0 Å². The van der Waals surface area contributed by atoms with Crippen LogP contribution >= 0.6 is 0 Å². The minimum absolute atomic E-state index is 0.295. The molecule has 0 aliphatic carbocycles. The van der Waals surface area contributed by atoms with E-state index in [2.05, 4.69) is 30.3 Å². The summed E-state index contributed by atoms with van der Waals surface area (Å²) in [6.45, 7) is 4.05. The lowest BCUT2D eigenvalue weighted by atomic mass is 10.1. The first-order valence-electron chi connectivity index (χ1n) is 6.09. The minimum atomic E-state index is -0.295. The van der Waals surface area contributed by atoms with Crippen molar-refractivity contribution in [3.63, 3.8) is 0 Å². The molecule has 0 radical (unpaired) electrons. The van der Waals surface area contributed by atoms with Gasteiger partial charge < -0.3 is 5.11 Å². The van der Waals surface area contributed by atoms with Crippen molar-refractivity contribution < 1.29 is 5.11 Å². The minimum Gasteiger partial charge on any atom is -0.389 e. The summed E-state index contributed by atoms with van der Waals surface area (Å²) < 4.78 is 0. The third kappa shape index (κ3) is 5.13. The number of aryl methyl sites for hydroxylation is 1. The van der Waals surface area contributed by atoms with Gasteiger partial charge in [0.15, 0.2) is 0 Å². The number of allylic oxidation sites excluding steroid dienone is 1. The van der Waals surface area contributed by atoms with Crippen LogP contribution < -0.4 is 0 Å². The van der Waals surface area contributed by atoms with E-state index in [1.54, 1.807) is 0 Å². The first kappa shape index (κ1) is 13.0. The van der Waals surface area contributed by atoms with Crippen molar-refractivity contribution in [3.8, 4) is 0 Å². The molecule has 0 bridgehead atoms. The molecule has 0 aliphatic heterocycles. The molecule has 0 unspecified atom stereocenters. The second kappa shape index (κ2) is 7.24. The van der Waals surface area contributed by atoms with Crippen molar-refractivity contribution in [2.45, 2.75) is 39.2 Å². The van der Waals surface area contributed by atoms with Gasteiger partial charge in [0, 0.05) is 0 Å².